The Labute approximate surface area is 66.9 Å². The van der Waals surface area contributed by atoms with Gasteiger partial charge in [0.15, 0.2) is 0 Å². The van der Waals surface area contributed by atoms with Gasteiger partial charge in [-0.05, 0) is 12.7 Å². The number of hydrogen-bond donors (Lipinski definition) is 0. The Bertz CT molecular complexity index is 117. The van der Waals surface area contributed by atoms with E-state index in [-0.39, 0.29) is 0 Å². The third-order valence-electron chi connectivity index (χ3n) is 1.04. The Morgan fingerprint density at radius 2 is 2.00 bits per heavy atom. The highest BCUT2D eigenvalue weighted by atomic mass is 32.7. The molecule has 0 heterocycles. The second-order valence-corrected chi connectivity index (χ2v) is 7.15. The minimum absolute atomic E-state index is 0.554. The summed E-state index contributed by atoms with van der Waals surface area (Å²) in [4.78, 5) is 0. The van der Waals surface area contributed by atoms with Crippen LogP contribution in [-0.4, -0.2) is 18.5 Å². The van der Waals surface area contributed by atoms with Gasteiger partial charge in [-0.1, -0.05) is 25.2 Å². The van der Waals surface area contributed by atoms with E-state index in [0.717, 1.165) is 5.75 Å². The normalized spacial score (nSPS) is 16.7. The molecule has 0 aliphatic rings. The lowest BCUT2D eigenvalue weighted by atomic mass is 10.9. The molecule has 0 aromatic carbocycles. The van der Waals surface area contributed by atoms with Crippen LogP contribution >= 0.6 is 18.0 Å². The molecule has 4 heteroatoms. The van der Waals surface area contributed by atoms with Gasteiger partial charge in [-0.2, -0.15) is 0 Å². The Hall–Kier alpha value is 0.540. The molecular formula is C6H15O2PS. The van der Waals surface area contributed by atoms with Crippen LogP contribution in [0.15, 0.2) is 0 Å². The zero-order valence-corrected chi connectivity index (χ0v) is 8.50. The predicted molar refractivity (Wildman–Crippen MR) is 47.9 cm³/mol. The van der Waals surface area contributed by atoms with Crippen molar-refractivity contribution >= 4 is 18.0 Å². The van der Waals surface area contributed by atoms with Crippen molar-refractivity contribution in [1.29, 1.82) is 0 Å². The summed E-state index contributed by atoms with van der Waals surface area (Å²) in [6, 6.07) is 0. The minimum atomic E-state index is -2.28. The summed E-state index contributed by atoms with van der Waals surface area (Å²) in [5.41, 5.74) is 0. The van der Waals surface area contributed by atoms with Crippen LogP contribution in [0.2, 0.25) is 0 Å². The molecule has 0 aliphatic carbocycles. The second kappa shape index (κ2) is 5.22. The summed E-state index contributed by atoms with van der Waals surface area (Å²) in [5.74, 6) is 0.866. The Balaban J connectivity index is 3.83. The summed E-state index contributed by atoms with van der Waals surface area (Å²) in [7, 11) is 0. The van der Waals surface area contributed by atoms with Gasteiger partial charge in [-0.3, -0.25) is 4.57 Å². The van der Waals surface area contributed by atoms with Crippen LogP contribution in [0.25, 0.3) is 0 Å². The fourth-order valence-electron chi connectivity index (χ4n) is 0.613. The van der Waals surface area contributed by atoms with Crippen molar-refractivity contribution < 1.29 is 9.09 Å². The monoisotopic (exact) mass is 182 g/mol. The quantitative estimate of drug-likeness (QED) is 0.611. The standard InChI is InChI=1S/C6H15O2PS/c1-4-8-9(7,5-2)10-6-3/h4-6H2,1-3H3/t9-/m1/s1. The van der Waals surface area contributed by atoms with Crippen LogP contribution < -0.4 is 0 Å². The molecule has 0 saturated carbocycles. The van der Waals surface area contributed by atoms with Crippen molar-refractivity contribution in [3.8, 4) is 0 Å². The van der Waals surface area contributed by atoms with Gasteiger partial charge in [0, 0.05) is 6.16 Å². The smallest absolute Gasteiger partial charge is 0.257 e. The molecular weight excluding hydrogens is 167 g/mol. The zero-order valence-electron chi connectivity index (χ0n) is 6.79. The number of hydrogen-bond acceptors (Lipinski definition) is 3. The third kappa shape index (κ3) is 3.65. The van der Waals surface area contributed by atoms with E-state index in [9.17, 15) is 4.57 Å². The lowest BCUT2D eigenvalue weighted by molar-refractivity contribution is 0.347. The Morgan fingerprint density at radius 3 is 2.30 bits per heavy atom. The van der Waals surface area contributed by atoms with Crippen molar-refractivity contribution in [2.45, 2.75) is 20.8 Å². The summed E-state index contributed by atoms with van der Waals surface area (Å²) < 4.78 is 16.7. The largest absolute Gasteiger partial charge is 0.321 e. The highest BCUT2D eigenvalue weighted by molar-refractivity contribution is 8.56. The van der Waals surface area contributed by atoms with Gasteiger partial charge in [0.1, 0.15) is 0 Å². The molecule has 2 nitrogen and oxygen atoms in total. The predicted octanol–water partition coefficient (Wildman–Crippen LogP) is 2.99. The Kier molecular flexibility index (Phi) is 5.51. The molecule has 0 aliphatic heterocycles. The van der Waals surface area contributed by atoms with Crippen molar-refractivity contribution in [3.63, 3.8) is 0 Å². The van der Waals surface area contributed by atoms with Crippen molar-refractivity contribution in [3.05, 3.63) is 0 Å². The van der Waals surface area contributed by atoms with Gasteiger partial charge >= 0.3 is 0 Å². The summed E-state index contributed by atoms with van der Waals surface area (Å²) in [6.07, 6.45) is 0.638. The van der Waals surface area contributed by atoms with Crippen LogP contribution in [0.5, 0.6) is 0 Å². The molecule has 0 N–H and O–H groups in total. The zero-order chi connectivity index (χ0) is 8.04. The van der Waals surface area contributed by atoms with E-state index in [1.165, 1.54) is 11.4 Å². The molecule has 0 bridgehead atoms. The van der Waals surface area contributed by atoms with Crippen LogP contribution in [0.1, 0.15) is 20.8 Å². The maximum atomic E-state index is 11.5. The van der Waals surface area contributed by atoms with Crippen LogP contribution in [0.3, 0.4) is 0 Å². The van der Waals surface area contributed by atoms with E-state index in [1.807, 2.05) is 20.8 Å². The molecule has 0 amide bonds. The fraction of sp³-hybridized carbons (Fsp3) is 1.00. The first-order valence-electron chi connectivity index (χ1n) is 3.56. The summed E-state index contributed by atoms with van der Waals surface area (Å²) in [6.45, 7) is 4.04. The molecule has 0 aromatic heterocycles. The summed E-state index contributed by atoms with van der Waals surface area (Å²) >= 11 is 1.44. The van der Waals surface area contributed by atoms with E-state index in [2.05, 4.69) is 0 Å². The van der Waals surface area contributed by atoms with Crippen LogP contribution in [-0.2, 0) is 9.09 Å². The van der Waals surface area contributed by atoms with E-state index >= 15 is 0 Å². The molecule has 1 atom stereocenters. The van der Waals surface area contributed by atoms with Crippen molar-refractivity contribution in [2.24, 2.45) is 0 Å². The van der Waals surface area contributed by atoms with E-state index in [1.54, 1.807) is 0 Å². The molecule has 0 aromatic rings. The molecule has 10 heavy (non-hydrogen) atoms. The lowest BCUT2D eigenvalue weighted by Crippen LogP contribution is -1.88. The van der Waals surface area contributed by atoms with E-state index in [4.69, 9.17) is 4.52 Å². The van der Waals surface area contributed by atoms with Crippen molar-refractivity contribution in [2.75, 3.05) is 18.5 Å². The van der Waals surface area contributed by atoms with Crippen LogP contribution in [0, 0.1) is 0 Å². The average Bonchev–Trinajstić information content (AvgIpc) is 1.89. The highest BCUT2D eigenvalue weighted by Gasteiger charge is 2.18. The van der Waals surface area contributed by atoms with E-state index < -0.39 is 6.57 Å². The number of rotatable bonds is 5. The SMILES string of the molecule is CCO[P@](=O)(CC)SCC. The molecule has 0 spiro atoms. The van der Waals surface area contributed by atoms with Gasteiger partial charge in [0.25, 0.3) is 6.57 Å². The first-order valence-corrected chi connectivity index (χ1v) is 6.96. The lowest BCUT2D eigenvalue weighted by Gasteiger charge is -2.12. The topological polar surface area (TPSA) is 26.3 Å². The van der Waals surface area contributed by atoms with Gasteiger partial charge in [0.2, 0.25) is 0 Å². The Morgan fingerprint density at radius 1 is 1.40 bits per heavy atom. The molecule has 0 saturated heterocycles. The second-order valence-electron chi connectivity index (χ2n) is 1.76. The maximum Gasteiger partial charge on any atom is 0.257 e. The highest BCUT2D eigenvalue weighted by Crippen LogP contribution is 2.58. The first-order chi connectivity index (χ1) is 4.68. The molecule has 0 unspecified atom stereocenters. The average molecular weight is 182 g/mol. The van der Waals surface area contributed by atoms with Gasteiger partial charge in [-0.15, -0.1) is 0 Å². The molecule has 62 valence electrons. The van der Waals surface area contributed by atoms with Gasteiger partial charge in [0.05, 0.1) is 6.61 Å². The van der Waals surface area contributed by atoms with E-state index in [0.29, 0.717) is 12.8 Å². The molecule has 0 fully saturated rings. The fourth-order valence-corrected chi connectivity index (χ4v) is 4.11. The molecule has 0 rings (SSSR count). The molecule has 0 radical (unpaired) electrons. The third-order valence-corrected chi connectivity index (χ3v) is 6.16. The maximum absolute atomic E-state index is 11.5. The minimum Gasteiger partial charge on any atom is -0.321 e. The van der Waals surface area contributed by atoms with Crippen LogP contribution in [0.4, 0.5) is 0 Å². The van der Waals surface area contributed by atoms with Gasteiger partial charge in [-0.25, -0.2) is 0 Å². The summed E-state index contributed by atoms with van der Waals surface area (Å²) in [5, 5.41) is 0. The van der Waals surface area contributed by atoms with Gasteiger partial charge < -0.3 is 4.52 Å². The van der Waals surface area contributed by atoms with Crippen molar-refractivity contribution in [1.82, 2.24) is 0 Å². The first kappa shape index (κ1) is 10.5.